The SMILES string of the molecule is CC(C)CC(NC(=O)N1CCCC1(C)C)C(=O)O. The van der Waals surface area contributed by atoms with Crippen molar-refractivity contribution < 1.29 is 14.7 Å². The van der Waals surface area contributed by atoms with Gasteiger partial charge in [-0.05, 0) is 39.0 Å². The van der Waals surface area contributed by atoms with E-state index < -0.39 is 12.0 Å². The van der Waals surface area contributed by atoms with Gasteiger partial charge in [-0.25, -0.2) is 9.59 Å². The van der Waals surface area contributed by atoms with E-state index >= 15 is 0 Å². The van der Waals surface area contributed by atoms with E-state index in [1.807, 2.05) is 27.7 Å². The highest BCUT2D eigenvalue weighted by atomic mass is 16.4. The first kappa shape index (κ1) is 14.8. The number of carboxylic acid groups (broad SMARTS) is 1. The average Bonchev–Trinajstić information content (AvgIpc) is 2.56. The summed E-state index contributed by atoms with van der Waals surface area (Å²) in [5.74, 6) is -0.730. The van der Waals surface area contributed by atoms with Crippen LogP contribution in [0.25, 0.3) is 0 Å². The van der Waals surface area contributed by atoms with Gasteiger partial charge in [0, 0.05) is 12.1 Å². The first-order chi connectivity index (χ1) is 8.24. The van der Waals surface area contributed by atoms with Gasteiger partial charge in [-0.15, -0.1) is 0 Å². The van der Waals surface area contributed by atoms with Crippen LogP contribution in [0, 0.1) is 5.92 Å². The fourth-order valence-electron chi connectivity index (χ4n) is 2.40. The smallest absolute Gasteiger partial charge is 0.326 e. The van der Waals surface area contributed by atoms with Gasteiger partial charge in [-0.1, -0.05) is 13.8 Å². The van der Waals surface area contributed by atoms with E-state index in [2.05, 4.69) is 5.32 Å². The fourth-order valence-corrected chi connectivity index (χ4v) is 2.40. The minimum absolute atomic E-state index is 0.176. The van der Waals surface area contributed by atoms with E-state index in [0.717, 1.165) is 12.8 Å². The van der Waals surface area contributed by atoms with Crippen molar-refractivity contribution in [2.24, 2.45) is 5.92 Å². The van der Waals surface area contributed by atoms with Crippen molar-refractivity contribution in [3.63, 3.8) is 0 Å². The van der Waals surface area contributed by atoms with E-state index in [0.29, 0.717) is 13.0 Å². The van der Waals surface area contributed by atoms with Crippen LogP contribution < -0.4 is 5.32 Å². The van der Waals surface area contributed by atoms with Gasteiger partial charge in [0.1, 0.15) is 6.04 Å². The summed E-state index contributed by atoms with van der Waals surface area (Å²) in [6.45, 7) is 8.62. The molecule has 0 spiro atoms. The van der Waals surface area contributed by atoms with E-state index in [1.165, 1.54) is 0 Å². The van der Waals surface area contributed by atoms with Crippen LogP contribution in [-0.2, 0) is 4.79 Å². The van der Waals surface area contributed by atoms with E-state index in [4.69, 9.17) is 5.11 Å². The van der Waals surface area contributed by atoms with Crippen LogP contribution in [0.4, 0.5) is 4.79 Å². The molecular weight excluding hydrogens is 232 g/mol. The zero-order valence-corrected chi connectivity index (χ0v) is 11.7. The summed E-state index contributed by atoms with van der Waals surface area (Å²) in [6, 6.07) is -1.06. The molecule has 0 aromatic rings. The first-order valence-electron chi connectivity index (χ1n) is 6.55. The number of hydrogen-bond acceptors (Lipinski definition) is 2. The highest BCUT2D eigenvalue weighted by molar-refractivity contribution is 5.83. The Bertz CT molecular complexity index is 326. The quantitative estimate of drug-likeness (QED) is 0.809. The monoisotopic (exact) mass is 256 g/mol. The molecule has 1 saturated heterocycles. The Hall–Kier alpha value is -1.26. The molecule has 0 saturated carbocycles. The number of amides is 2. The van der Waals surface area contributed by atoms with Gasteiger partial charge in [0.2, 0.25) is 0 Å². The molecule has 1 atom stereocenters. The largest absolute Gasteiger partial charge is 0.480 e. The van der Waals surface area contributed by atoms with Gasteiger partial charge in [0.05, 0.1) is 0 Å². The van der Waals surface area contributed by atoms with Crippen molar-refractivity contribution in [2.45, 2.75) is 58.5 Å². The fraction of sp³-hybridized carbons (Fsp3) is 0.846. The van der Waals surface area contributed by atoms with Crippen molar-refractivity contribution in [3.05, 3.63) is 0 Å². The van der Waals surface area contributed by atoms with Crippen molar-refractivity contribution in [1.29, 1.82) is 0 Å². The summed E-state index contributed by atoms with van der Waals surface area (Å²) in [5, 5.41) is 11.7. The molecule has 18 heavy (non-hydrogen) atoms. The summed E-state index contributed by atoms with van der Waals surface area (Å²) in [7, 11) is 0. The Kier molecular flexibility index (Phi) is 4.59. The molecular formula is C13H24N2O3. The van der Waals surface area contributed by atoms with Gasteiger partial charge >= 0.3 is 12.0 Å². The van der Waals surface area contributed by atoms with E-state index in [-0.39, 0.29) is 17.5 Å². The molecule has 2 N–H and O–H groups in total. The normalized spacial score (nSPS) is 19.9. The maximum Gasteiger partial charge on any atom is 0.326 e. The van der Waals surface area contributed by atoms with Crippen molar-refractivity contribution in [1.82, 2.24) is 10.2 Å². The molecule has 2 amide bonds. The molecule has 0 radical (unpaired) electrons. The number of rotatable bonds is 4. The Morgan fingerprint density at radius 3 is 2.39 bits per heavy atom. The Morgan fingerprint density at radius 2 is 2.00 bits per heavy atom. The van der Waals surface area contributed by atoms with Gasteiger partial charge in [-0.3, -0.25) is 0 Å². The van der Waals surface area contributed by atoms with Gasteiger partial charge in [-0.2, -0.15) is 0 Å². The number of nitrogens with zero attached hydrogens (tertiary/aromatic N) is 1. The summed E-state index contributed by atoms with van der Waals surface area (Å²) < 4.78 is 0. The van der Waals surface area contributed by atoms with Crippen LogP contribution in [0.3, 0.4) is 0 Å². The maximum absolute atomic E-state index is 12.1. The molecule has 5 nitrogen and oxygen atoms in total. The second-order valence-corrected chi connectivity index (χ2v) is 6.04. The number of carbonyl (C=O) groups excluding carboxylic acids is 1. The lowest BCUT2D eigenvalue weighted by Gasteiger charge is -2.32. The molecule has 1 heterocycles. The lowest BCUT2D eigenvalue weighted by Crippen LogP contribution is -2.52. The molecule has 1 aliphatic heterocycles. The predicted octanol–water partition coefficient (Wildman–Crippen LogP) is 2.07. The average molecular weight is 256 g/mol. The first-order valence-corrected chi connectivity index (χ1v) is 6.55. The van der Waals surface area contributed by atoms with Crippen LogP contribution in [0.1, 0.15) is 47.0 Å². The van der Waals surface area contributed by atoms with Gasteiger partial charge in [0.25, 0.3) is 0 Å². The summed E-state index contributed by atoms with van der Waals surface area (Å²) in [6.07, 6.45) is 2.39. The molecule has 104 valence electrons. The third-order valence-electron chi connectivity index (χ3n) is 3.45. The molecule has 0 aromatic carbocycles. The number of carboxylic acids is 1. The second kappa shape index (κ2) is 5.59. The standard InChI is InChI=1S/C13H24N2O3/c1-9(2)8-10(11(16)17)14-12(18)15-7-5-6-13(15,3)4/h9-10H,5-8H2,1-4H3,(H,14,18)(H,16,17). The molecule has 1 unspecified atom stereocenters. The lowest BCUT2D eigenvalue weighted by molar-refractivity contribution is -0.139. The minimum atomic E-state index is -0.964. The number of hydrogen-bond donors (Lipinski definition) is 2. The molecule has 1 rings (SSSR count). The Balaban J connectivity index is 2.64. The third kappa shape index (κ3) is 3.62. The molecule has 0 aliphatic carbocycles. The number of carbonyl (C=O) groups is 2. The highest BCUT2D eigenvalue weighted by Gasteiger charge is 2.36. The van der Waals surface area contributed by atoms with Crippen LogP contribution in [0.2, 0.25) is 0 Å². The summed E-state index contributed by atoms with van der Waals surface area (Å²) in [5.41, 5.74) is -0.176. The maximum atomic E-state index is 12.1. The van der Waals surface area contributed by atoms with Crippen molar-refractivity contribution >= 4 is 12.0 Å². The molecule has 5 heteroatoms. The summed E-state index contributed by atoms with van der Waals surface area (Å²) in [4.78, 5) is 25.0. The Morgan fingerprint density at radius 1 is 1.39 bits per heavy atom. The van der Waals surface area contributed by atoms with E-state index in [1.54, 1.807) is 4.90 Å². The van der Waals surface area contributed by atoms with Crippen LogP contribution in [0.5, 0.6) is 0 Å². The summed E-state index contributed by atoms with van der Waals surface area (Å²) >= 11 is 0. The van der Waals surface area contributed by atoms with Crippen molar-refractivity contribution in [3.8, 4) is 0 Å². The Labute approximate surface area is 109 Å². The molecule has 0 bridgehead atoms. The van der Waals surface area contributed by atoms with Gasteiger partial charge < -0.3 is 15.3 Å². The topological polar surface area (TPSA) is 69.6 Å². The lowest BCUT2D eigenvalue weighted by atomic mass is 10.0. The van der Waals surface area contributed by atoms with E-state index in [9.17, 15) is 9.59 Å². The molecule has 1 aliphatic rings. The van der Waals surface area contributed by atoms with Gasteiger partial charge in [0.15, 0.2) is 0 Å². The van der Waals surface area contributed by atoms with Crippen LogP contribution >= 0.6 is 0 Å². The highest BCUT2D eigenvalue weighted by Crippen LogP contribution is 2.28. The van der Waals surface area contributed by atoms with Crippen LogP contribution in [-0.4, -0.2) is 40.1 Å². The van der Waals surface area contributed by atoms with Crippen molar-refractivity contribution in [2.75, 3.05) is 6.54 Å². The number of likely N-dealkylation sites (tertiary alicyclic amines) is 1. The zero-order valence-electron chi connectivity index (χ0n) is 11.7. The number of urea groups is 1. The zero-order chi connectivity index (χ0) is 13.9. The molecule has 1 fully saturated rings. The second-order valence-electron chi connectivity index (χ2n) is 6.04. The predicted molar refractivity (Wildman–Crippen MR) is 69.4 cm³/mol. The van der Waals surface area contributed by atoms with Crippen LogP contribution in [0.15, 0.2) is 0 Å². The minimum Gasteiger partial charge on any atom is -0.480 e. The number of aliphatic carboxylic acids is 1. The third-order valence-corrected chi connectivity index (χ3v) is 3.45. The molecule has 0 aromatic heterocycles. The number of nitrogens with one attached hydrogen (secondary N) is 1.